The summed E-state index contributed by atoms with van der Waals surface area (Å²) in [6.07, 6.45) is 0.677. The van der Waals surface area contributed by atoms with Gasteiger partial charge in [0.1, 0.15) is 5.78 Å². The van der Waals surface area contributed by atoms with E-state index in [-0.39, 0.29) is 5.92 Å². The van der Waals surface area contributed by atoms with Crippen LogP contribution in [0.3, 0.4) is 0 Å². The Morgan fingerprint density at radius 3 is 2.21 bits per heavy atom. The van der Waals surface area contributed by atoms with Crippen LogP contribution < -0.4 is 0 Å². The molecule has 0 aliphatic carbocycles. The fourth-order valence-corrected chi connectivity index (χ4v) is 1.51. The molecule has 0 radical (unpaired) electrons. The molecule has 0 N–H and O–H groups in total. The van der Waals surface area contributed by atoms with E-state index in [1.807, 2.05) is 37.3 Å². The molecule has 0 bridgehead atoms. The fourth-order valence-electron chi connectivity index (χ4n) is 1.51. The van der Waals surface area contributed by atoms with Gasteiger partial charge in [-0.1, -0.05) is 51.1 Å². The van der Waals surface area contributed by atoms with Gasteiger partial charge in [0.05, 0.1) is 0 Å². The summed E-state index contributed by atoms with van der Waals surface area (Å²) in [5.41, 5.74) is 1.12. The fraction of sp³-hybridized carbons (Fsp3) is 0.462. The normalized spacial score (nSPS) is 12.9. The first-order valence-electron chi connectivity index (χ1n) is 5.19. The first-order valence-corrected chi connectivity index (χ1v) is 5.19. The summed E-state index contributed by atoms with van der Waals surface area (Å²) in [6.45, 7) is 6.14. The van der Waals surface area contributed by atoms with Crippen molar-refractivity contribution in [2.24, 2.45) is 5.92 Å². The lowest BCUT2D eigenvalue weighted by Crippen LogP contribution is -2.11. The van der Waals surface area contributed by atoms with Gasteiger partial charge in [-0.3, -0.25) is 4.79 Å². The van der Waals surface area contributed by atoms with Crippen LogP contribution in [0, 0.1) is 5.92 Å². The molecule has 0 unspecified atom stereocenters. The lowest BCUT2D eigenvalue weighted by atomic mass is 9.92. The molecule has 0 aliphatic heterocycles. The second-order valence-electron chi connectivity index (χ2n) is 4.20. The van der Waals surface area contributed by atoms with E-state index in [4.69, 9.17) is 0 Å². The van der Waals surface area contributed by atoms with Gasteiger partial charge in [0.15, 0.2) is 0 Å². The van der Waals surface area contributed by atoms with E-state index in [1.165, 1.54) is 0 Å². The van der Waals surface area contributed by atoms with Gasteiger partial charge in [-0.15, -0.1) is 0 Å². The number of carbonyl (C=O) groups excluding carboxylic acids is 1. The molecule has 0 saturated carbocycles. The predicted octanol–water partition coefficient (Wildman–Crippen LogP) is 3.41. The van der Waals surface area contributed by atoms with E-state index in [0.717, 1.165) is 5.56 Å². The Balaban J connectivity index is 2.66. The van der Waals surface area contributed by atoms with Crippen molar-refractivity contribution in [2.75, 3.05) is 0 Å². The third-order valence-electron chi connectivity index (χ3n) is 2.39. The Labute approximate surface area is 86.1 Å². The summed E-state index contributed by atoms with van der Waals surface area (Å²) < 4.78 is 0. The van der Waals surface area contributed by atoms with Gasteiger partial charge < -0.3 is 0 Å². The van der Waals surface area contributed by atoms with E-state index in [2.05, 4.69) is 13.8 Å². The van der Waals surface area contributed by atoms with Gasteiger partial charge in [-0.2, -0.15) is 0 Å². The number of hydrogen-bond acceptors (Lipinski definition) is 1. The highest BCUT2D eigenvalue weighted by Gasteiger charge is 2.15. The number of carbonyl (C=O) groups is 1. The summed E-state index contributed by atoms with van der Waals surface area (Å²) in [7, 11) is 0. The van der Waals surface area contributed by atoms with Crippen molar-refractivity contribution in [3.05, 3.63) is 35.9 Å². The summed E-state index contributed by atoms with van der Waals surface area (Å²) in [5.74, 6) is 0.832. The van der Waals surface area contributed by atoms with E-state index >= 15 is 0 Å². The van der Waals surface area contributed by atoms with E-state index in [1.54, 1.807) is 0 Å². The standard InChI is InChI=1S/C13H18O/c1-10(2)9-13(14)11(3)12-7-5-4-6-8-12/h4-8,10-11H,9H2,1-3H3/t11-/m1/s1. The molecule has 1 nitrogen and oxygen atoms in total. The van der Waals surface area contributed by atoms with Crippen LogP contribution in [0.4, 0.5) is 0 Å². The smallest absolute Gasteiger partial charge is 0.140 e. The van der Waals surface area contributed by atoms with Crippen LogP contribution in [0.15, 0.2) is 30.3 Å². The molecule has 0 heterocycles. The monoisotopic (exact) mass is 190 g/mol. The predicted molar refractivity (Wildman–Crippen MR) is 59.3 cm³/mol. The van der Waals surface area contributed by atoms with Crippen LogP contribution in [0.25, 0.3) is 0 Å². The maximum atomic E-state index is 11.8. The van der Waals surface area contributed by atoms with Crippen molar-refractivity contribution < 1.29 is 4.79 Å². The minimum absolute atomic E-state index is 0.0404. The number of hydrogen-bond donors (Lipinski definition) is 0. The number of ketones is 1. The molecule has 1 aromatic carbocycles. The van der Waals surface area contributed by atoms with Crippen LogP contribution in [-0.4, -0.2) is 5.78 Å². The average Bonchev–Trinajstić information content (AvgIpc) is 2.17. The largest absolute Gasteiger partial charge is 0.299 e. The zero-order valence-electron chi connectivity index (χ0n) is 9.16. The molecule has 1 atom stereocenters. The van der Waals surface area contributed by atoms with Gasteiger partial charge in [0.2, 0.25) is 0 Å². The van der Waals surface area contributed by atoms with Crippen LogP contribution in [0.2, 0.25) is 0 Å². The van der Waals surface area contributed by atoms with Crippen LogP contribution in [0.5, 0.6) is 0 Å². The quantitative estimate of drug-likeness (QED) is 0.711. The molecule has 14 heavy (non-hydrogen) atoms. The average molecular weight is 190 g/mol. The van der Waals surface area contributed by atoms with Crippen molar-refractivity contribution >= 4 is 5.78 Å². The van der Waals surface area contributed by atoms with Gasteiger partial charge >= 0.3 is 0 Å². The SMILES string of the molecule is CC(C)CC(=O)[C@H](C)c1ccccc1. The summed E-state index contributed by atoms with van der Waals surface area (Å²) in [4.78, 5) is 11.8. The van der Waals surface area contributed by atoms with E-state index in [9.17, 15) is 4.79 Å². The summed E-state index contributed by atoms with van der Waals surface area (Å²) >= 11 is 0. The van der Waals surface area contributed by atoms with Crippen molar-refractivity contribution in [3.8, 4) is 0 Å². The Morgan fingerprint density at radius 2 is 1.71 bits per heavy atom. The topological polar surface area (TPSA) is 17.1 Å². The molecule has 1 aromatic rings. The minimum atomic E-state index is 0.0404. The number of rotatable bonds is 4. The molecule has 1 rings (SSSR count). The molecule has 0 aromatic heterocycles. The molecule has 0 saturated heterocycles. The molecule has 1 heteroatoms. The Morgan fingerprint density at radius 1 is 1.14 bits per heavy atom. The first-order chi connectivity index (χ1) is 6.61. The zero-order chi connectivity index (χ0) is 10.6. The molecule has 0 amide bonds. The molecular formula is C13H18O. The minimum Gasteiger partial charge on any atom is -0.299 e. The Bertz CT molecular complexity index is 287. The lowest BCUT2D eigenvalue weighted by Gasteiger charge is -2.11. The number of benzene rings is 1. The maximum Gasteiger partial charge on any atom is 0.140 e. The molecule has 0 aliphatic rings. The summed E-state index contributed by atoms with van der Waals surface area (Å²) in [5, 5.41) is 0. The number of Topliss-reactive ketones (excluding diaryl/α,β-unsaturated/α-hetero) is 1. The highest BCUT2D eigenvalue weighted by Crippen LogP contribution is 2.19. The van der Waals surface area contributed by atoms with E-state index < -0.39 is 0 Å². The van der Waals surface area contributed by atoms with Gasteiger partial charge in [0, 0.05) is 12.3 Å². The van der Waals surface area contributed by atoms with Crippen molar-refractivity contribution in [1.29, 1.82) is 0 Å². The second kappa shape index (κ2) is 4.94. The van der Waals surface area contributed by atoms with Crippen molar-refractivity contribution in [3.63, 3.8) is 0 Å². The zero-order valence-corrected chi connectivity index (χ0v) is 9.16. The van der Waals surface area contributed by atoms with Crippen LogP contribution in [0.1, 0.15) is 38.7 Å². The third kappa shape index (κ3) is 2.99. The van der Waals surface area contributed by atoms with Gasteiger partial charge in [0.25, 0.3) is 0 Å². The van der Waals surface area contributed by atoms with Gasteiger partial charge in [-0.25, -0.2) is 0 Å². The van der Waals surface area contributed by atoms with Crippen LogP contribution >= 0.6 is 0 Å². The van der Waals surface area contributed by atoms with Crippen molar-refractivity contribution in [1.82, 2.24) is 0 Å². The first kappa shape index (κ1) is 11.0. The highest BCUT2D eigenvalue weighted by molar-refractivity contribution is 5.85. The van der Waals surface area contributed by atoms with Crippen molar-refractivity contribution in [2.45, 2.75) is 33.1 Å². The highest BCUT2D eigenvalue weighted by atomic mass is 16.1. The van der Waals surface area contributed by atoms with Crippen LogP contribution in [-0.2, 0) is 4.79 Å². The summed E-state index contributed by atoms with van der Waals surface area (Å²) in [6, 6.07) is 9.97. The Kier molecular flexibility index (Phi) is 3.87. The Hall–Kier alpha value is -1.11. The van der Waals surface area contributed by atoms with E-state index in [0.29, 0.717) is 18.1 Å². The molecular weight excluding hydrogens is 172 g/mol. The third-order valence-corrected chi connectivity index (χ3v) is 2.39. The lowest BCUT2D eigenvalue weighted by molar-refractivity contribution is -0.120. The molecule has 0 fully saturated rings. The van der Waals surface area contributed by atoms with Gasteiger partial charge in [-0.05, 0) is 11.5 Å². The molecule has 0 spiro atoms. The second-order valence-corrected chi connectivity index (χ2v) is 4.20. The maximum absolute atomic E-state index is 11.8. The molecule has 76 valence electrons.